The molecule has 0 spiro atoms. The fourth-order valence-corrected chi connectivity index (χ4v) is 5.55. The van der Waals surface area contributed by atoms with Crippen LogP contribution in [0.15, 0.2) is 133 Å². The molecule has 0 saturated heterocycles. The number of fused-ring (bicyclic) bond motifs is 1. The van der Waals surface area contributed by atoms with Gasteiger partial charge in [-0.25, -0.2) is 0 Å². The van der Waals surface area contributed by atoms with Crippen molar-refractivity contribution in [2.24, 2.45) is 0 Å². The van der Waals surface area contributed by atoms with Crippen molar-refractivity contribution in [3.05, 3.63) is 140 Å². The molecule has 2 heteroatoms. The van der Waals surface area contributed by atoms with Crippen molar-refractivity contribution < 1.29 is 22.4 Å². The summed E-state index contributed by atoms with van der Waals surface area (Å²) in [6, 6.07) is 49.7. The predicted molar refractivity (Wildman–Crippen MR) is 128 cm³/mol. The summed E-state index contributed by atoms with van der Waals surface area (Å²) in [4.78, 5) is 0. The van der Waals surface area contributed by atoms with Crippen LogP contribution in [0.1, 0.15) is 0 Å². The van der Waals surface area contributed by atoms with Crippen molar-refractivity contribution in [3.63, 3.8) is 0 Å². The first-order valence-electron chi connectivity index (χ1n) is 9.72. The van der Waals surface area contributed by atoms with Crippen LogP contribution in [0, 0.1) is 6.07 Å². The minimum Gasteiger partial charge on any atom is -0.147 e. The molecule has 0 nitrogen and oxygen atoms in total. The van der Waals surface area contributed by atoms with E-state index in [1.807, 2.05) is 24.3 Å². The summed E-state index contributed by atoms with van der Waals surface area (Å²) in [6.45, 7) is 0. The monoisotopic (exact) mass is 586 g/mol. The van der Waals surface area contributed by atoms with Crippen molar-refractivity contribution in [3.8, 4) is 0 Å². The quantitative estimate of drug-likeness (QED) is 0.137. The molecule has 0 heterocycles. The van der Waals surface area contributed by atoms with Crippen molar-refractivity contribution in [2.45, 2.75) is 0 Å². The van der Waals surface area contributed by atoms with Gasteiger partial charge in [0, 0.05) is 0 Å². The first-order chi connectivity index (χ1) is 14.4. The Morgan fingerprint density at radius 2 is 0.833 bits per heavy atom. The number of rotatable bonds is 3. The van der Waals surface area contributed by atoms with Crippen LogP contribution >= 0.6 is 7.92 Å². The third kappa shape index (κ3) is 5.79. The van der Waals surface area contributed by atoms with Gasteiger partial charge >= 0.3 is 22.4 Å². The molecule has 0 amide bonds. The van der Waals surface area contributed by atoms with Gasteiger partial charge in [0.1, 0.15) is 0 Å². The Hall–Kier alpha value is -2.47. The van der Waals surface area contributed by atoms with E-state index in [1.165, 1.54) is 26.7 Å². The minimum atomic E-state index is -0.446. The molecule has 5 rings (SSSR count). The van der Waals surface area contributed by atoms with Crippen LogP contribution < -0.4 is 15.9 Å². The molecule has 0 aliphatic heterocycles. The van der Waals surface area contributed by atoms with E-state index in [0.717, 1.165) is 0 Å². The smallest absolute Gasteiger partial charge is 0.147 e. The zero-order valence-electron chi connectivity index (χ0n) is 16.5. The molecule has 0 aliphatic carbocycles. The summed E-state index contributed by atoms with van der Waals surface area (Å²) in [5.41, 5.74) is 0. The molecule has 5 aromatic rings. The normalized spacial score (nSPS) is 10.0. The van der Waals surface area contributed by atoms with Crippen LogP contribution in [-0.4, -0.2) is 0 Å². The SMILES string of the molecule is [Au+].[c-]1cccc2ccccc12.c1ccc(P(c2ccccc2)c2ccccc2)cc1. The van der Waals surface area contributed by atoms with E-state index in [2.05, 4.69) is 115 Å². The van der Waals surface area contributed by atoms with E-state index in [-0.39, 0.29) is 22.4 Å². The maximum atomic E-state index is 3.15. The average Bonchev–Trinajstić information content (AvgIpc) is 2.82. The van der Waals surface area contributed by atoms with Crippen molar-refractivity contribution in [1.82, 2.24) is 0 Å². The predicted octanol–water partition coefficient (Wildman–Crippen LogP) is 6.08. The van der Waals surface area contributed by atoms with Gasteiger partial charge in [-0.1, -0.05) is 103 Å². The second kappa shape index (κ2) is 11.6. The van der Waals surface area contributed by atoms with E-state index in [0.29, 0.717) is 0 Å². The van der Waals surface area contributed by atoms with Gasteiger partial charge in [-0.2, -0.15) is 0 Å². The first-order valence-corrected chi connectivity index (χ1v) is 11.1. The molecular weight excluding hydrogens is 564 g/mol. The molecule has 0 N–H and O–H groups in total. The average molecular weight is 586 g/mol. The van der Waals surface area contributed by atoms with Crippen molar-refractivity contribution >= 4 is 34.6 Å². The third-order valence-electron chi connectivity index (χ3n) is 4.61. The molecule has 30 heavy (non-hydrogen) atoms. The molecule has 0 bridgehead atoms. The van der Waals surface area contributed by atoms with Gasteiger partial charge in [0.2, 0.25) is 0 Å². The topological polar surface area (TPSA) is 0 Å². The Balaban J connectivity index is 0.000000197. The van der Waals surface area contributed by atoms with Crippen LogP contribution in [0.5, 0.6) is 0 Å². The van der Waals surface area contributed by atoms with Gasteiger partial charge in [-0.05, 0) is 23.8 Å². The Kier molecular flexibility index (Phi) is 8.63. The zero-order valence-corrected chi connectivity index (χ0v) is 19.5. The van der Waals surface area contributed by atoms with E-state index in [1.54, 1.807) is 0 Å². The molecule has 150 valence electrons. The molecule has 0 fully saturated rings. The van der Waals surface area contributed by atoms with Crippen LogP contribution in [0.3, 0.4) is 0 Å². The molecule has 5 aromatic carbocycles. The molecular formula is C28H22AuP. The van der Waals surface area contributed by atoms with Gasteiger partial charge in [0.05, 0.1) is 0 Å². The Morgan fingerprint density at radius 1 is 0.433 bits per heavy atom. The van der Waals surface area contributed by atoms with Crippen LogP contribution in [0.2, 0.25) is 0 Å². The van der Waals surface area contributed by atoms with Crippen molar-refractivity contribution in [1.29, 1.82) is 0 Å². The van der Waals surface area contributed by atoms with Crippen LogP contribution in [-0.2, 0) is 22.4 Å². The molecule has 0 saturated carbocycles. The fourth-order valence-electron chi connectivity index (χ4n) is 3.24. The standard InChI is InChI=1S/C18H15P.C10H7.Au/c1-4-10-16(11-5-1)19(17-12-6-2-7-13-17)18-14-8-3-9-15-18;1-2-6-10-8-4-3-7-9(10)5-1;/h1-15H;1-7H;/q;-1;+1. The Morgan fingerprint density at radius 3 is 1.30 bits per heavy atom. The van der Waals surface area contributed by atoms with E-state index >= 15 is 0 Å². The summed E-state index contributed by atoms with van der Waals surface area (Å²) >= 11 is 0. The molecule has 0 aromatic heterocycles. The second-order valence-corrected chi connectivity index (χ2v) is 8.82. The summed E-state index contributed by atoms with van der Waals surface area (Å²) in [5.74, 6) is 0. The van der Waals surface area contributed by atoms with Crippen LogP contribution in [0.25, 0.3) is 10.8 Å². The Labute approximate surface area is 195 Å². The fraction of sp³-hybridized carbons (Fsp3) is 0. The van der Waals surface area contributed by atoms with Gasteiger partial charge in [-0.3, -0.25) is 0 Å². The van der Waals surface area contributed by atoms with E-state index in [4.69, 9.17) is 0 Å². The number of benzene rings is 5. The largest absolute Gasteiger partial charge is 1.00 e. The van der Waals surface area contributed by atoms with Gasteiger partial charge < -0.3 is 0 Å². The zero-order chi connectivity index (χ0) is 19.7. The number of hydrogen-bond acceptors (Lipinski definition) is 0. The molecule has 0 aliphatic rings. The summed E-state index contributed by atoms with van der Waals surface area (Å²) in [5, 5.41) is 6.63. The third-order valence-corrected chi connectivity index (χ3v) is 7.06. The minimum absolute atomic E-state index is 0. The first kappa shape index (κ1) is 22.2. The maximum Gasteiger partial charge on any atom is 1.00 e. The summed E-state index contributed by atoms with van der Waals surface area (Å²) < 4.78 is 0. The second-order valence-electron chi connectivity index (χ2n) is 6.60. The summed E-state index contributed by atoms with van der Waals surface area (Å²) in [7, 11) is -0.446. The van der Waals surface area contributed by atoms with Gasteiger partial charge in [0.15, 0.2) is 0 Å². The summed E-state index contributed by atoms with van der Waals surface area (Å²) in [6.07, 6.45) is 0. The van der Waals surface area contributed by atoms with Crippen molar-refractivity contribution in [2.75, 3.05) is 0 Å². The van der Waals surface area contributed by atoms with Crippen LogP contribution in [0.4, 0.5) is 0 Å². The molecule has 0 atom stereocenters. The number of hydrogen-bond donors (Lipinski definition) is 0. The molecule has 0 radical (unpaired) electrons. The van der Waals surface area contributed by atoms with Gasteiger partial charge in [0.25, 0.3) is 0 Å². The van der Waals surface area contributed by atoms with Gasteiger partial charge in [-0.15, -0.1) is 47.2 Å². The van der Waals surface area contributed by atoms with E-state index in [9.17, 15) is 0 Å². The maximum absolute atomic E-state index is 3.15. The molecule has 0 unspecified atom stereocenters. The van der Waals surface area contributed by atoms with E-state index < -0.39 is 7.92 Å². The Bertz CT molecular complexity index is 983.